The van der Waals surface area contributed by atoms with E-state index in [9.17, 15) is 4.79 Å². The van der Waals surface area contributed by atoms with Crippen molar-refractivity contribution < 1.29 is 4.42 Å². The number of para-hydroxylation sites is 1. The van der Waals surface area contributed by atoms with Gasteiger partial charge in [0.15, 0.2) is 0 Å². The van der Waals surface area contributed by atoms with Gasteiger partial charge in [-0.15, -0.1) is 5.10 Å². The van der Waals surface area contributed by atoms with Crippen molar-refractivity contribution in [3.8, 4) is 11.1 Å². The lowest BCUT2D eigenvalue weighted by Gasteiger charge is -2.02. The molecule has 20 heavy (non-hydrogen) atoms. The smallest absolute Gasteiger partial charge is 0.344 e. The van der Waals surface area contributed by atoms with Gasteiger partial charge in [-0.05, 0) is 18.2 Å². The minimum absolute atomic E-state index is 0.376. The van der Waals surface area contributed by atoms with Crippen molar-refractivity contribution in [2.45, 2.75) is 0 Å². The van der Waals surface area contributed by atoms with E-state index in [2.05, 4.69) is 15.4 Å². The molecule has 0 saturated carbocycles. The maximum Gasteiger partial charge on any atom is 0.344 e. The molecule has 4 rings (SSSR count). The van der Waals surface area contributed by atoms with Gasteiger partial charge in [-0.1, -0.05) is 35.5 Å². The van der Waals surface area contributed by atoms with Crippen molar-refractivity contribution in [2.75, 3.05) is 0 Å². The van der Waals surface area contributed by atoms with Crippen LogP contribution in [-0.2, 0) is 0 Å². The molecule has 0 aliphatic heterocycles. The van der Waals surface area contributed by atoms with Crippen molar-refractivity contribution in [2.24, 2.45) is 0 Å². The van der Waals surface area contributed by atoms with Crippen molar-refractivity contribution >= 4 is 22.0 Å². The molecule has 2 aromatic heterocycles. The van der Waals surface area contributed by atoms with Gasteiger partial charge in [0.05, 0.1) is 11.1 Å². The molecule has 96 valence electrons. The minimum Gasteiger partial charge on any atom is -0.422 e. The van der Waals surface area contributed by atoms with Crippen LogP contribution in [0.15, 0.2) is 57.7 Å². The van der Waals surface area contributed by atoms with Gasteiger partial charge in [-0.25, -0.2) is 4.79 Å². The van der Waals surface area contributed by atoms with Crippen molar-refractivity contribution in [3.63, 3.8) is 0 Å². The van der Waals surface area contributed by atoms with E-state index in [0.717, 1.165) is 16.5 Å². The van der Waals surface area contributed by atoms with Crippen LogP contribution in [0, 0.1) is 0 Å². The van der Waals surface area contributed by atoms with Gasteiger partial charge in [0.25, 0.3) is 0 Å². The Morgan fingerprint density at radius 2 is 1.90 bits per heavy atom. The Balaban J connectivity index is 2.09. The average Bonchev–Trinajstić information content (AvgIpc) is 2.95. The lowest BCUT2D eigenvalue weighted by molar-refractivity contribution is 0.563. The van der Waals surface area contributed by atoms with Gasteiger partial charge in [-0.2, -0.15) is 0 Å². The number of aromatic amines is 1. The summed E-state index contributed by atoms with van der Waals surface area (Å²) in [6.07, 6.45) is 0. The highest BCUT2D eigenvalue weighted by atomic mass is 16.4. The molecule has 5 nitrogen and oxygen atoms in total. The molecule has 5 heteroatoms. The summed E-state index contributed by atoms with van der Waals surface area (Å²) in [5.74, 6) is 0. The lowest BCUT2D eigenvalue weighted by Crippen LogP contribution is -2.02. The summed E-state index contributed by atoms with van der Waals surface area (Å²) in [6, 6.07) is 14.8. The lowest BCUT2D eigenvalue weighted by atomic mass is 10.0. The third-order valence-electron chi connectivity index (χ3n) is 3.29. The van der Waals surface area contributed by atoms with Gasteiger partial charge in [-0.3, -0.25) is 5.10 Å². The fraction of sp³-hybridized carbons (Fsp3) is 0. The molecule has 1 N–H and O–H groups in total. The highest BCUT2D eigenvalue weighted by Crippen LogP contribution is 2.25. The number of fused-ring (bicyclic) bond motifs is 2. The summed E-state index contributed by atoms with van der Waals surface area (Å²) in [4.78, 5) is 12.2. The maximum atomic E-state index is 12.2. The van der Waals surface area contributed by atoms with Crippen molar-refractivity contribution in [1.29, 1.82) is 0 Å². The van der Waals surface area contributed by atoms with Crippen LogP contribution in [-0.4, -0.2) is 15.4 Å². The summed E-state index contributed by atoms with van der Waals surface area (Å²) in [6.45, 7) is 0. The Hall–Kier alpha value is -2.95. The van der Waals surface area contributed by atoms with E-state index < -0.39 is 0 Å². The van der Waals surface area contributed by atoms with Crippen LogP contribution in [0.5, 0.6) is 0 Å². The van der Waals surface area contributed by atoms with E-state index in [4.69, 9.17) is 4.42 Å². The normalized spacial score (nSPS) is 11.2. The second kappa shape index (κ2) is 4.03. The Labute approximate surface area is 112 Å². The third kappa shape index (κ3) is 1.53. The standard InChI is InChI=1S/C15H9N3O2/c19-15-11(8-9-4-1-2-7-13(9)20-15)10-5-3-6-12-14(10)17-18-16-12/h1-8H,(H,16,17,18). The zero-order valence-corrected chi connectivity index (χ0v) is 10.3. The maximum absolute atomic E-state index is 12.2. The second-order valence-corrected chi connectivity index (χ2v) is 4.50. The van der Waals surface area contributed by atoms with E-state index in [1.54, 1.807) is 6.07 Å². The Bertz CT molecular complexity index is 985. The Morgan fingerprint density at radius 1 is 1.00 bits per heavy atom. The van der Waals surface area contributed by atoms with Crippen molar-refractivity contribution in [3.05, 3.63) is 59.0 Å². The van der Waals surface area contributed by atoms with Crippen LogP contribution in [0.4, 0.5) is 0 Å². The number of H-pyrrole nitrogens is 1. The Kier molecular flexibility index (Phi) is 2.20. The van der Waals surface area contributed by atoms with Gasteiger partial charge in [0, 0.05) is 10.9 Å². The van der Waals surface area contributed by atoms with E-state index in [1.165, 1.54) is 0 Å². The molecule has 4 aromatic rings. The molecular weight excluding hydrogens is 254 g/mol. The van der Waals surface area contributed by atoms with Gasteiger partial charge >= 0.3 is 5.63 Å². The molecule has 2 heterocycles. The second-order valence-electron chi connectivity index (χ2n) is 4.50. The molecule has 0 saturated heterocycles. The van der Waals surface area contributed by atoms with Crippen LogP contribution in [0.1, 0.15) is 0 Å². The molecule has 0 aliphatic rings. The average molecular weight is 263 g/mol. The number of hydrogen-bond acceptors (Lipinski definition) is 4. The number of benzene rings is 2. The highest BCUT2D eigenvalue weighted by molar-refractivity contribution is 5.93. The molecule has 0 spiro atoms. The predicted octanol–water partition coefficient (Wildman–Crippen LogP) is 2.73. The summed E-state index contributed by atoms with van der Waals surface area (Å²) in [5, 5.41) is 11.5. The number of aromatic nitrogens is 3. The molecule has 0 unspecified atom stereocenters. The molecule has 0 atom stereocenters. The molecule has 0 amide bonds. The molecule has 0 bridgehead atoms. The highest BCUT2D eigenvalue weighted by Gasteiger charge is 2.12. The van der Waals surface area contributed by atoms with Crippen LogP contribution in [0.25, 0.3) is 33.1 Å². The summed E-state index contributed by atoms with van der Waals surface area (Å²) in [5.41, 5.74) is 2.86. The van der Waals surface area contributed by atoms with Gasteiger partial charge in [0.1, 0.15) is 11.1 Å². The molecule has 0 aliphatic carbocycles. The minimum atomic E-state index is -0.376. The number of nitrogens with one attached hydrogen (secondary N) is 1. The summed E-state index contributed by atoms with van der Waals surface area (Å²) >= 11 is 0. The van der Waals surface area contributed by atoms with E-state index in [0.29, 0.717) is 16.7 Å². The fourth-order valence-electron chi connectivity index (χ4n) is 2.34. The first kappa shape index (κ1) is 10.9. The quantitative estimate of drug-likeness (QED) is 0.536. The topological polar surface area (TPSA) is 71.8 Å². The number of nitrogens with zero attached hydrogens (tertiary/aromatic N) is 2. The third-order valence-corrected chi connectivity index (χ3v) is 3.29. The molecule has 2 aromatic carbocycles. The summed E-state index contributed by atoms with van der Waals surface area (Å²) < 4.78 is 5.36. The fourth-order valence-corrected chi connectivity index (χ4v) is 2.34. The molecular formula is C15H9N3O2. The first-order valence-corrected chi connectivity index (χ1v) is 6.16. The van der Waals surface area contributed by atoms with Crippen molar-refractivity contribution in [1.82, 2.24) is 15.4 Å². The zero-order chi connectivity index (χ0) is 13.5. The van der Waals surface area contributed by atoms with E-state index in [1.807, 2.05) is 42.5 Å². The number of hydrogen-bond donors (Lipinski definition) is 1. The zero-order valence-electron chi connectivity index (χ0n) is 10.3. The predicted molar refractivity (Wildman–Crippen MR) is 75.4 cm³/mol. The van der Waals surface area contributed by atoms with Crippen LogP contribution >= 0.6 is 0 Å². The van der Waals surface area contributed by atoms with Gasteiger partial charge < -0.3 is 4.42 Å². The van der Waals surface area contributed by atoms with Crippen LogP contribution in [0.2, 0.25) is 0 Å². The molecule has 0 radical (unpaired) electrons. The largest absolute Gasteiger partial charge is 0.422 e. The monoisotopic (exact) mass is 263 g/mol. The number of rotatable bonds is 1. The first-order valence-electron chi connectivity index (χ1n) is 6.16. The van der Waals surface area contributed by atoms with E-state index in [-0.39, 0.29) is 5.63 Å². The summed E-state index contributed by atoms with van der Waals surface area (Å²) in [7, 11) is 0. The van der Waals surface area contributed by atoms with Crippen LogP contribution < -0.4 is 5.63 Å². The SMILES string of the molecule is O=c1oc2ccccc2cc1-c1cccc2[nH]nnc12. The van der Waals surface area contributed by atoms with Crippen LogP contribution in [0.3, 0.4) is 0 Å². The van der Waals surface area contributed by atoms with Gasteiger partial charge in [0.2, 0.25) is 0 Å². The Morgan fingerprint density at radius 3 is 2.85 bits per heavy atom. The van der Waals surface area contributed by atoms with E-state index >= 15 is 0 Å². The molecule has 0 fully saturated rings. The first-order chi connectivity index (χ1) is 9.83.